The zero-order chi connectivity index (χ0) is 18.3. The first-order valence-corrected chi connectivity index (χ1v) is 9.27. The molecule has 0 atom stereocenters. The smallest absolute Gasteiger partial charge is 0.267 e. The molecular weight excluding hydrogens is 340 g/mol. The van der Waals surface area contributed by atoms with Crippen LogP contribution >= 0.6 is 0 Å². The lowest BCUT2D eigenvalue weighted by Crippen LogP contribution is -2.30. The third-order valence-electron chi connectivity index (χ3n) is 3.49. The molecule has 1 heterocycles. The fraction of sp³-hybridized carbons (Fsp3) is 0.235. The van der Waals surface area contributed by atoms with E-state index in [0.717, 1.165) is 0 Å². The van der Waals surface area contributed by atoms with Crippen molar-refractivity contribution in [3.8, 4) is 0 Å². The van der Waals surface area contributed by atoms with E-state index in [9.17, 15) is 13.2 Å². The Morgan fingerprint density at radius 3 is 2.60 bits per heavy atom. The van der Waals surface area contributed by atoms with E-state index in [1.807, 2.05) is 0 Å². The van der Waals surface area contributed by atoms with Crippen LogP contribution in [-0.4, -0.2) is 42.9 Å². The predicted molar refractivity (Wildman–Crippen MR) is 95.8 cm³/mol. The van der Waals surface area contributed by atoms with Crippen molar-refractivity contribution in [2.75, 3.05) is 13.1 Å². The second-order valence-electron chi connectivity index (χ2n) is 5.07. The van der Waals surface area contributed by atoms with Crippen molar-refractivity contribution in [2.45, 2.75) is 18.7 Å². The second kappa shape index (κ2) is 8.50. The van der Waals surface area contributed by atoms with Gasteiger partial charge in [0.2, 0.25) is 10.0 Å². The van der Waals surface area contributed by atoms with Gasteiger partial charge in [-0.3, -0.25) is 9.78 Å². The highest BCUT2D eigenvalue weighted by Crippen LogP contribution is 2.16. The maximum Gasteiger partial charge on any atom is 0.271 e. The molecule has 132 valence electrons. The summed E-state index contributed by atoms with van der Waals surface area (Å²) in [6, 6.07) is 11.2. The summed E-state index contributed by atoms with van der Waals surface area (Å²) in [6.45, 7) is 4.27. The average molecular weight is 360 g/mol. The number of benzene rings is 1. The van der Waals surface area contributed by atoms with Crippen molar-refractivity contribution >= 4 is 22.1 Å². The molecule has 1 aromatic carbocycles. The third-order valence-corrected chi connectivity index (χ3v) is 5.54. The van der Waals surface area contributed by atoms with Crippen molar-refractivity contribution in [3.63, 3.8) is 0 Å². The van der Waals surface area contributed by atoms with Gasteiger partial charge in [-0.25, -0.2) is 13.8 Å². The van der Waals surface area contributed by atoms with Gasteiger partial charge in [0.15, 0.2) is 0 Å². The molecule has 0 aliphatic carbocycles. The lowest BCUT2D eigenvalue weighted by atomic mass is 10.2. The molecule has 8 heteroatoms. The van der Waals surface area contributed by atoms with E-state index in [-0.39, 0.29) is 10.5 Å². The highest BCUT2D eigenvalue weighted by molar-refractivity contribution is 7.89. The van der Waals surface area contributed by atoms with Gasteiger partial charge in [0.25, 0.3) is 5.91 Å². The SMILES string of the molecule is CCN(CC)S(=O)(=O)c1cccc(C(=O)N/N=C\c2ccccn2)c1. The minimum absolute atomic E-state index is 0.0811. The molecule has 0 spiro atoms. The van der Waals surface area contributed by atoms with Gasteiger partial charge in [-0.05, 0) is 30.3 Å². The van der Waals surface area contributed by atoms with Gasteiger partial charge in [-0.2, -0.15) is 9.41 Å². The zero-order valence-corrected chi connectivity index (χ0v) is 14.9. The van der Waals surface area contributed by atoms with Gasteiger partial charge in [-0.15, -0.1) is 0 Å². The Labute approximate surface area is 147 Å². The summed E-state index contributed by atoms with van der Waals surface area (Å²) in [5.74, 6) is -0.497. The van der Waals surface area contributed by atoms with Gasteiger partial charge in [0.05, 0.1) is 16.8 Å². The lowest BCUT2D eigenvalue weighted by Gasteiger charge is -2.18. The van der Waals surface area contributed by atoms with Gasteiger partial charge in [0, 0.05) is 24.8 Å². The number of carbonyl (C=O) groups excluding carboxylic acids is 1. The van der Waals surface area contributed by atoms with Crippen LogP contribution in [0.4, 0.5) is 0 Å². The summed E-state index contributed by atoms with van der Waals surface area (Å²) in [7, 11) is -3.62. The van der Waals surface area contributed by atoms with Crippen LogP contribution in [0, 0.1) is 0 Å². The number of rotatable bonds is 7. The molecule has 0 bridgehead atoms. The number of amides is 1. The molecule has 1 N–H and O–H groups in total. The topological polar surface area (TPSA) is 91.7 Å². The van der Waals surface area contributed by atoms with Crippen LogP contribution in [0.25, 0.3) is 0 Å². The van der Waals surface area contributed by atoms with Crippen LogP contribution < -0.4 is 5.43 Å². The Bertz CT molecular complexity index is 847. The molecule has 2 aromatic rings. The molecule has 7 nitrogen and oxygen atoms in total. The van der Waals surface area contributed by atoms with E-state index in [1.54, 1.807) is 38.2 Å². The molecule has 1 aromatic heterocycles. The number of sulfonamides is 1. The van der Waals surface area contributed by atoms with E-state index >= 15 is 0 Å². The predicted octanol–water partition coefficient (Wildman–Crippen LogP) is 1.88. The number of nitrogens with zero attached hydrogens (tertiary/aromatic N) is 3. The molecule has 0 unspecified atom stereocenters. The number of hydrogen-bond acceptors (Lipinski definition) is 5. The van der Waals surface area contributed by atoms with Gasteiger partial charge in [-0.1, -0.05) is 26.0 Å². The summed E-state index contributed by atoms with van der Waals surface area (Å²) in [5, 5.41) is 3.83. The third kappa shape index (κ3) is 4.71. The second-order valence-corrected chi connectivity index (χ2v) is 7.01. The van der Waals surface area contributed by atoms with E-state index in [2.05, 4.69) is 15.5 Å². The minimum Gasteiger partial charge on any atom is -0.267 e. The summed E-state index contributed by atoms with van der Waals surface area (Å²) in [6.07, 6.45) is 3.03. The normalized spacial score (nSPS) is 11.8. The van der Waals surface area contributed by atoms with E-state index in [4.69, 9.17) is 0 Å². The zero-order valence-electron chi connectivity index (χ0n) is 14.1. The Hall–Kier alpha value is -2.58. The Kier molecular flexibility index (Phi) is 6.37. The maximum absolute atomic E-state index is 12.5. The first-order valence-electron chi connectivity index (χ1n) is 7.83. The van der Waals surface area contributed by atoms with Crippen LogP contribution in [-0.2, 0) is 10.0 Å². The van der Waals surface area contributed by atoms with Gasteiger partial charge < -0.3 is 0 Å². The first kappa shape index (κ1) is 18.8. The molecule has 1 amide bonds. The number of carbonyl (C=O) groups is 1. The van der Waals surface area contributed by atoms with Crippen LogP contribution in [0.3, 0.4) is 0 Å². The summed E-state index contributed by atoms with van der Waals surface area (Å²) < 4.78 is 26.4. The van der Waals surface area contributed by atoms with Crippen LogP contribution in [0.1, 0.15) is 29.9 Å². The molecule has 0 aliphatic rings. The van der Waals surface area contributed by atoms with E-state index in [0.29, 0.717) is 18.8 Å². The molecule has 0 saturated carbocycles. The number of hydrazone groups is 1. The number of hydrogen-bond donors (Lipinski definition) is 1. The molecule has 2 rings (SSSR count). The van der Waals surface area contributed by atoms with Crippen LogP contribution in [0.5, 0.6) is 0 Å². The Morgan fingerprint density at radius 1 is 1.20 bits per heavy atom. The summed E-state index contributed by atoms with van der Waals surface area (Å²) >= 11 is 0. The fourth-order valence-electron chi connectivity index (χ4n) is 2.18. The largest absolute Gasteiger partial charge is 0.271 e. The van der Waals surface area contributed by atoms with Crippen molar-refractivity contribution in [2.24, 2.45) is 5.10 Å². The molecule has 25 heavy (non-hydrogen) atoms. The van der Waals surface area contributed by atoms with Crippen LogP contribution in [0.15, 0.2) is 58.7 Å². The summed E-state index contributed by atoms with van der Waals surface area (Å²) in [4.78, 5) is 16.3. The van der Waals surface area contributed by atoms with E-state index in [1.165, 1.54) is 34.8 Å². The van der Waals surface area contributed by atoms with Crippen molar-refractivity contribution in [1.82, 2.24) is 14.7 Å². The number of pyridine rings is 1. The van der Waals surface area contributed by atoms with Gasteiger partial charge >= 0.3 is 0 Å². The quantitative estimate of drug-likeness (QED) is 0.603. The molecule has 0 fully saturated rings. The molecule has 0 radical (unpaired) electrons. The van der Waals surface area contributed by atoms with Crippen molar-refractivity contribution < 1.29 is 13.2 Å². The lowest BCUT2D eigenvalue weighted by molar-refractivity contribution is 0.0955. The molecular formula is C17H20N4O3S. The molecule has 0 aliphatic heterocycles. The molecule has 0 saturated heterocycles. The highest BCUT2D eigenvalue weighted by Gasteiger charge is 2.22. The van der Waals surface area contributed by atoms with Crippen molar-refractivity contribution in [1.29, 1.82) is 0 Å². The van der Waals surface area contributed by atoms with Crippen LogP contribution in [0.2, 0.25) is 0 Å². The standard InChI is InChI=1S/C17H20N4O3S/c1-3-21(4-2)25(23,24)16-10-7-8-14(12-16)17(22)20-19-13-15-9-5-6-11-18-15/h5-13H,3-4H2,1-2H3,(H,20,22)/b19-13-. The average Bonchev–Trinajstić information content (AvgIpc) is 2.63. The highest BCUT2D eigenvalue weighted by atomic mass is 32.2. The minimum atomic E-state index is -3.62. The first-order chi connectivity index (χ1) is 12.0. The van der Waals surface area contributed by atoms with Crippen molar-refractivity contribution in [3.05, 3.63) is 59.9 Å². The fourth-order valence-corrected chi connectivity index (χ4v) is 3.69. The van der Waals surface area contributed by atoms with Gasteiger partial charge in [0.1, 0.15) is 0 Å². The summed E-state index contributed by atoms with van der Waals surface area (Å²) in [5.41, 5.74) is 3.18. The van der Waals surface area contributed by atoms with E-state index < -0.39 is 15.9 Å². The number of aromatic nitrogens is 1. The Morgan fingerprint density at radius 2 is 1.96 bits per heavy atom. The monoisotopic (exact) mass is 360 g/mol. The number of nitrogens with one attached hydrogen (secondary N) is 1. The maximum atomic E-state index is 12.5. The Balaban J connectivity index is 2.15.